The van der Waals surface area contributed by atoms with Crippen molar-refractivity contribution < 1.29 is 4.79 Å². The summed E-state index contributed by atoms with van der Waals surface area (Å²) >= 11 is 4.88. The molecule has 2 atom stereocenters. The predicted octanol–water partition coefficient (Wildman–Crippen LogP) is 3.43. The maximum Gasteiger partial charge on any atom is 0.233 e. The molecular weight excluding hydrogens is 312 g/mol. The Bertz CT molecular complexity index is 425. The summed E-state index contributed by atoms with van der Waals surface area (Å²) in [5.41, 5.74) is 6.59. The Morgan fingerprint density at radius 2 is 2.17 bits per heavy atom. The SMILES string of the molecule is CCC(C)NC(=O)C(C)Sc1cc(Br)ccc1N. The number of benzene rings is 1. The highest BCUT2D eigenvalue weighted by Gasteiger charge is 2.17. The molecule has 0 bridgehead atoms. The van der Waals surface area contributed by atoms with E-state index in [-0.39, 0.29) is 17.2 Å². The summed E-state index contributed by atoms with van der Waals surface area (Å²) < 4.78 is 0.966. The van der Waals surface area contributed by atoms with Crippen LogP contribution < -0.4 is 11.1 Å². The Hall–Kier alpha value is -0.680. The maximum absolute atomic E-state index is 11.9. The van der Waals surface area contributed by atoms with Gasteiger partial charge in [0.1, 0.15) is 0 Å². The van der Waals surface area contributed by atoms with Gasteiger partial charge in [0.15, 0.2) is 0 Å². The van der Waals surface area contributed by atoms with Crippen molar-refractivity contribution in [3.63, 3.8) is 0 Å². The summed E-state index contributed by atoms with van der Waals surface area (Å²) in [6, 6.07) is 5.88. The van der Waals surface area contributed by atoms with Gasteiger partial charge in [-0.3, -0.25) is 4.79 Å². The van der Waals surface area contributed by atoms with Crippen LogP contribution in [0, 0.1) is 0 Å². The van der Waals surface area contributed by atoms with Gasteiger partial charge in [-0.25, -0.2) is 0 Å². The Labute approximate surface area is 121 Å². The first-order valence-electron chi connectivity index (χ1n) is 5.96. The first-order valence-corrected chi connectivity index (χ1v) is 7.63. The molecule has 0 fully saturated rings. The van der Waals surface area contributed by atoms with Crippen molar-refractivity contribution in [3.8, 4) is 0 Å². The molecule has 0 aromatic heterocycles. The molecule has 1 amide bonds. The van der Waals surface area contributed by atoms with Gasteiger partial charge in [0.2, 0.25) is 5.91 Å². The summed E-state index contributed by atoms with van der Waals surface area (Å²) in [5, 5.41) is 2.81. The van der Waals surface area contributed by atoms with Crippen LogP contribution in [0.1, 0.15) is 27.2 Å². The van der Waals surface area contributed by atoms with E-state index in [2.05, 4.69) is 28.2 Å². The van der Waals surface area contributed by atoms with Crippen LogP contribution in [0.3, 0.4) is 0 Å². The van der Waals surface area contributed by atoms with Gasteiger partial charge in [-0.1, -0.05) is 22.9 Å². The van der Waals surface area contributed by atoms with E-state index in [1.165, 1.54) is 11.8 Å². The Balaban J connectivity index is 2.66. The molecule has 0 aliphatic carbocycles. The highest BCUT2D eigenvalue weighted by Crippen LogP contribution is 2.31. The number of rotatable bonds is 5. The van der Waals surface area contributed by atoms with Gasteiger partial charge >= 0.3 is 0 Å². The minimum atomic E-state index is -0.157. The average Bonchev–Trinajstić information content (AvgIpc) is 2.33. The molecule has 1 aromatic carbocycles. The molecule has 0 heterocycles. The number of thioether (sulfide) groups is 1. The average molecular weight is 331 g/mol. The molecule has 1 rings (SSSR count). The van der Waals surface area contributed by atoms with E-state index in [1.54, 1.807) is 0 Å². The minimum Gasteiger partial charge on any atom is -0.398 e. The zero-order chi connectivity index (χ0) is 13.7. The van der Waals surface area contributed by atoms with Crippen molar-refractivity contribution in [1.29, 1.82) is 0 Å². The third-order valence-corrected chi connectivity index (χ3v) is 4.32. The van der Waals surface area contributed by atoms with Crippen LogP contribution in [-0.2, 0) is 4.79 Å². The maximum atomic E-state index is 11.9. The van der Waals surface area contributed by atoms with Gasteiger partial charge in [0, 0.05) is 21.1 Å². The fourth-order valence-electron chi connectivity index (χ4n) is 1.32. The first-order chi connectivity index (χ1) is 8.43. The van der Waals surface area contributed by atoms with Crippen LogP contribution in [0.5, 0.6) is 0 Å². The lowest BCUT2D eigenvalue weighted by molar-refractivity contribution is -0.120. The standard InChI is InChI=1S/C13H19BrN2OS/c1-4-8(2)16-13(17)9(3)18-12-7-10(14)5-6-11(12)15/h5-9H,4,15H2,1-3H3,(H,16,17). The number of hydrogen-bond acceptors (Lipinski definition) is 3. The van der Waals surface area contributed by atoms with Crippen LogP contribution in [0.2, 0.25) is 0 Å². The quantitative estimate of drug-likeness (QED) is 0.642. The lowest BCUT2D eigenvalue weighted by Crippen LogP contribution is -2.37. The zero-order valence-corrected chi connectivity index (χ0v) is 13.3. The summed E-state index contributed by atoms with van der Waals surface area (Å²) in [5.74, 6) is 0.0497. The lowest BCUT2D eigenvalue weighted by atomic mass is 10.2. The van der Waals surface area contributed by atoms with Crippen molar-refractivity contribution in [2.24, 2.45) is 0 Å². The molecule has 0 aliphatic rings. The van der Waals surface area contributed by atoms with Gasteiger partial charge in [-0.05, 0) is 38.5 Å². The minimum absolute atomic E-state index is 0.0497. The number of carbonyl (C=O) groups excluding carboxylic acids is 1. The van der Waals surface area contributed by atoms with Gasteiger partial charge in [-0.2, -0.15) is 0 Å². The second kappa shape index (κ2) is 7.04. The summed E-state index contributed by atoms with van der Waals surface area (Å²) in [6.45, 7) is 5.94. The van der Waals surface area contributed by atoms with Crippen molar-refractivity contribution in [3.05, 3.63) is 22.7 Å². The van der Waals surface area contributed by atoms with Crippen molar-refractivity contribution in [1.82, 2.24) is 5.32 Å². The second-order valence-corrected chi connectivity index (χ2v) is 6.56. The van der Waals surface area contributed by atoms with E-state index in [4.69, 9.17) is 5.73 Å². The van der Waals surface area contributed by atoms with E-state index < -0.39 is 0 Å². The van der Waals surface area contributed by atoms with Crippen LogP contribution in [0.25, 0.3) is 0 Å². The Kier molecular flexibility index (Phi) is 6.02. The van der Waals surface area contributed by atoms with Crippen LogP contribution in [0.15, 0.2) is 27.6 Å². The zero-order valence-electron chi connectivity index (χ0n) is 10.9. The number of nitrogens with one attached hydrogen (secondary N) is 1. The van der Waals surface area contributed by atoms with E-state index in [9.17, 15) is 4.79 Å². The molecule has 100 valence electrons. The molecule has 0 saturated carbocycles. The molecule has 0 spiro atoms. The molecule has 3 nitrogen and oxygen atoms in total. The van der Waals surface area contributed by atoms with Crippen LogP contribution in [-0.4, -0.2) is 17.2 Å². The van der Waals surface area contributed by atoms with Crippen LogP contribution >= 0.6 is 27.7 Å². The largest absolute Gasteiger partial charge is 0.398 e. The molecule has 5 heteroatoms. The number of amides is 1. The highest BCUT2D eigenvalue weighted by atomic mass is 79.9. The van der Waals surface area contributed by atoms with Gasteiger partial charge in [-0.15, -0.1) is 11.8 Å². The monoisotopic (exact) mass is 330 g/mol. The van der Waals surface area contributed by atoms with Crippen LogP contribution in [0.4, 0.5) is 5.69 Å². The third-order valence-electron chi connectivity index (χ3n) is 2.65. The predicted molar refractivity (Wildman–Crippen MR) is 81.8 cm³/mol. The molecule has 0 radical (unpaired) electrons. The summed E-state index contributed by atoms with van der Waals surface area (Å²) in [7, 11) is 0. The molecule has 2 unspecified atom stereocenters. The topological polar surface area (TPSA) is 55.1 Å². The normalized spacial score (nSPS) is 14.0. The van der Waals surface area contributed by atoms with Gasteiger partial charge in [0.05, 0.1) is 5.25 Å². The summed E-state index contributed by atoms with van der Waals surface area (Å²) in [6.07, 6.45) is 0.933. The van der Waals surface area contributed by atoms with E-state index in [1.807, 2.05) is 32.0 Å². The van der Waals surface area contributed by atoms with Crippen molar-refractivity contribution >= 4 is 39.3 Å². The number of anilines is 1. The van der Waals surface area contributed by atoms with Crippen molar-refractivity contribution in [2.45, 2.75) is 43.4 Å². The molecule has 3 N–H and O–H groups in total. The second-order valence-electron chi connectivity index (χ2n) is 4.26. The highest BCUT2D eigenvalue weighted by molar-refractivity contribution is 9.10. The number of halogens is 1. The van der Waals surface area contributed by atoms with Gasteiger partial charge < -0.3 is 11.1 Å². The van der Waals surface area contributed by atoms with Gasteiger partial charge in [0.25, 0.3) is 0 Å². The van der Waals surface area contributed by atoms with E-state index in [0.29, 0.717) is 5.69 Å². The number of hydrogen-bond donors (Lipinski definition) is 2. The van der Waals surface area contributed by atoms with E-state index >= 15 is 0 Å². The first kappa shape index (κ1) is 15.4. The van der Waals surface area contributed by atoms with E-state index in [0.717, 1.165) is 15.8 Å². The number of nitrogen functional groups attached to an aromatic ring is 1. The third kappa shape index (κ3) is 4.53. The fourth-order valence-corrected chi connectivity index (χ4v) is 2.78. The lowest BCUT2D eigenvalue weighted by Gasteiger charge is -2.16. The smallest absolute Gasteiger partial charge is 0.233 e. The Morgan fingerprint density at radius 1 is 1.50 bits per heavy atom. The molecular formula is C13H19BrN2OS. The van der Waals surface area contributed by atoms with Crippen molar-refractivity contribution in [2.75, 3.05) is 5.73 Å². The fraction of sp³-hybridized carbons (Fsp3) is 0.462. The molecule has 1 aromatic rings. The molecule has 0 saturated heterocycles. The number of nitrogens with two attached hydrogens (primary N) is 1. The molecule has 0 aliphatic heterocycles. The number of carbonyl (C=O) groups is 1. The molecule has 18 heavy (non-hydrogen) atoms. The Morgan fingerprint density at radius 3 is 2.78 bits per heavy atom. The summed E-state index contributed by atoms with van der Waals surface area (Å²) in [4.78, 5) is 12.9.